The standard InChI is InChI=1S/C16H19NO4S/c1-2-11-3-4-14-12(8-16(18)21-15(14)7-11)9-17-13-5-6-22(19,20)10-13/h3-4,7-8,13,17H,2,5-6,9-10H2,1H3/t13-/m1/s1. The first-order chi connectivity index (χ1) is 10.5. The van der Waals surface area contributed by atoms with Crippen molar-refractivity contribution in [1.82, 2.24) is 5.32 Å². The topological polar surface area (TPSA) is 76.4 Å². The van der Waals surface area contributed by atoms with Gasteiger partial charge in [-0.1, -0.05) is 19.1 Å². The van der Waals surface area contributed by atoms with E-state index in [0.717, 1.165) is 22.9 Å². The van der Waals surface area contributed by atoms with E-state index in [1.807, 2.05) is 25.1 Å². The van der Waals surface area contributed by atoms with Crippen LogP contribution in [0.15, 0.2) is 33.5 Å². The molecule has 1 aromatic heterocycles. The average molecular weight is 321 g/mol. The lowest BCUT2D eigenvalue weighted by atomic mass is 10.1. The Hall–Kier alpha value is -1.66. The van der Waals surface area contributed by atoms with E-state index >= 15 is 0 Å². The molecule has 118 valence electrons. The van der Waals surface area contributed by atoms with E-state index < -0.39 is 9.84 Å². The molecule has 22 heavy (non-hydrogen) atoms. The number of sulfone groups is 1. The summed E-state index contributed by atoms with van der Waals surface area (Å²) < 4.78 is 28.2. The van der Waals surface area contributed by atoms with Crippen molar-refractivity contribution < 1.29 is 12.8 Å². The Labute approximate surface area is 129 Å². The molecule has 2 aromatic rings. The van der Waals surface area contributed by atoms with Crippen LogP contribution in [-0.4, -0.2) is 26.0 Å². The van der Waals surface area contributed by atoms with E-state index in [1.165, 1.54) is 6.07 Å². The Balaban J connectivity index is 1.86. The Bertz CT molecular complexity index is 854. The van der Waals surface area contributed by atoms with Crippen LogP contribution < -0.4 is 10.9 Å². The van der Waals surface area contributed by atoms with Crippen molar-refractivity contribution in [3.63, 3.8) is 0 Å². The molecule has 1 saturated heterocycles. The fourth-order valence-corrected chi connectivity index (χ4v) is 4.56. The van der Waals surface area contributed by atoms with Crippen molar-refractivity contribution in [2.45, 2.75) is 32.4 Å². The number of hydrogen-bond acceptors (Lipinski definition) is 5. The molecule has 1 fully saturated rings. The van der Waals surface area contributed by atoms with Crippen molar-refractivity contribution in [3.05, 3.63) is 45.8 Å². The summed E-state index contributed by atoms with van der Waals surface area (Å²) in [7, 11) is -2.90. The largest absolute Gasteiger partial charge is 0.423 e. The third-order valence-electron chi connectivity index (χ3n) is 4.12. The summed E-state index contributed by atoms with van der Waals surface area (Å²) in [6, 6.07) is 7.30. The molecule has 5 nitrogen and oxygen atoms in total. The SMILES string of the molecule is CCc1ccc2c(CN[C@@H]3CCS(=O)(=O)C3)cc(=O)oc2c1. The second-order valence-corrected chi connectivity index (χ2v) is 7.98. The van der Waals surface area contributed by atoms with Gasteiger partial charge in [-0.05, 0) is 30.0 Å². The number of nitrogens with one attached hydrogen (secondary N) is 1. The van der Waals surface area contributed by atoms with Crippen LogP contribution >= 0.6 is 0 Å². The maximum Gasteiger partial charge on any atom is 0.336 e. The van der Waals surface area contributed by atoms with E-state index in [0.29, 0.717) is 18.5 Å². The first-order valence-corrected chi connectivity index (χ1v) is 9.28. The highest BCUT2D eigenvalue weighted by Crippen LogP contribution is 2.20. The van der Waals surface area contributed by atoms with Gasteiger partial charge in [0, 0.05) is 24.0 Å². The number of aryl methyl sites for hydroxylation is 1. The average Bonchev–Trinajstić information content (AvgIpc) is 2.83. The number of hydrogen-bond donors (Lipinski definition) is 1. The molecule has 1 aromatic carbocycles. The molecule has 1 N–H and O–H groups in total. The Morgan fingerprint density at radius 2 is 2.14 bits per heavy atom. The van der Waals surface area contributed by atoms with E-state index in [1.54, 1.807) is 0 Å². The quantitative estimate of drug-likeness (QED) is 0.866. The maximum atomic E-state index is 11.7. The molecule has 1 aliphatic rings. The zero-order valence-corrected chi connectivity index (χ0v) is 13.3. The lowest BCUT2D eigenvalue weighted by molar-refractivity contribution is 0.540. The highest BCUT2D eigenvalue weighted by atomic mass is 32.2. The fraction of sp³-hybridized carbons (Fsp3) is 0.438. The van der Waals surface area contributed by atoms with Crippen molar-refractivity contribution in [2.24, 2.45) is 0 Å². The van der Waals surface area contributed by atoms with Gasteiger partial charge in [0.1, 0.15) is 5.58 Å². The number of benzene rings is 1. The van der Waals surface area contributed by atoms with Gasteiger partial charge in [0.05, 0.1) is 11.5 Å². The van der Waals surface area contributed by atoms with Gasteiger partial charge in [0.2, 0.25) is 0 Å². The van der Waals surface area contributed by atoms with Crippen LogP contribution in [-0.2, 0) is 22.8 Å². The predicted octanol–water partition coefficient (Wildman–Crippen LogP) is 1.63. The molecular formula is C16H19NO4S. The summed E-state index contributed by atoms with van der Waals surface area (Å²) in [5, 5.41) is 4.14. The van der Waals surface area contributed by atoms with Crippen molar-refractivity contribution in [2.75, 3.05) is 11.5 Å². The third kappa shape index (κ3) is 3.23. The monoisotopic (exact) mass is 321 g/mol. The number of fused-ring (bicyclic) bond motifs is 1. The Morgan fingerprint density at radius 3 is 2.82 bits per heavy atom. The molecule has 0 unspecified atom stereocenters. The Kier molecular flexibility index (Phi) is 4.06. The van der Waals surface area contributed by atoms with Crippen LogP contribution in [0.4, 0.5) is 0 Å². The molecule has 0 radical (unpaired) electrons. The first-order valence-electron chi connectivity index (χ1n) is 7.46. The van der Waals surface area contributed by atoms with Gasteiger partial charge in [-0.2, -0.15) is 0 Å². The van der Waals surface area contributed by atoms with Crippen LogP contribution in [0.3, 0.4) is 0 Å². The van der Waals surface area contributed by atoms with Crippen molar-refractivity contribution in [1.29, 1.82) is 0 Å². The highest BCUT2D eigenvalue weighted by Gasteiger charge is 2.27. The second-order valence-electron chi connectivity index (χ2n) is 5.76. The molecule has 2 heterocycles. The van der Waals surface area contributed by atoms with E-state index in [9.17, 15) is 13.2 Å². The minimum absolute atomic E-state index is 0.0396. The molecule has 6 heteroatoms. The summed E-state index contributed by atoms with van der Waals surface area (Å²) in [5.74, 6) is 0.411. The van der Waals surface area contributed by atoms with Crippen LogP contribution in [0.1, 0.15) is 24.5 Å². The molecule has 0 aliphatic carbocycles. The zero-order chi connectivity index (χ0) is 15.7. The minimum atomic E-state index is -2.90. The van der Waals surface area contributed by atoms with Crippen LogP contribution in [0.5, 0.6) is 0 Å². The summed E-state index contributed by atoms with van der Waals surface area (Å²) in [6.07, 6.45) is 1.50. The normalized spacial score (nSPS) is 20.5. The molecular weight excluding hydrogens is 302 g/mol. The second kappa shape index (κ2) is 5.85. The van der Waals surface area contributed by atoms with E-state index in [4.69, 9.17) is 4.42 Å². The van der Waals surface area contributed by atoms with Gasteiger partial charge in [-0.3, -0.25) is 0 Å². The van der Waals surface area contributed by atoms with Gasteiger partial charge in [0.15, 0.2) is 9.84 Å². The van der Waals surface area contributed by atoms with Crippen LogP contribution in [0.2, 0.25) is 0 Å². The summed E-state index contributed by atoms with van der Waals surface area (Å²) in [5.41, 5.74) is 2.17. The van der Waals surface area contributed by atoms with E-state index in [2.05, 4.69) is 5.32 Å². The lowest BCUT2D eigenvalue weighted by Gasteiger charge is -2.12. The first kappa shape index (κ1) is 15.2. The van der Waals surface area contributed by atoms with Gasteiger partial charge >= 0.3 is 5.63 Å². The molecule has 0 spiro atoms. The third-order valence-corrected chi connectivity index (χ3v) is 5.88. The lowest BCUT2D eigenvalue weighted by Crippen LogP contribution is -2.29. The molecule has 0 bridgehead atoms. The van der Waals surface area contributed by atoms with Crippen LogP contribution in [0.25, 0.3) is 11.0 Å². The fourth-order valence-electron chi connectivity index (χ4n) is 2.85. The van der Waals surface area contributed by atoms with Crippen LogP contribution in [0, 0.1) is 0 Å². The summed E-state index contributed by atoms with van der Waals surface area (Å²) in [6.45, 7) is 2.51. The van der Waals surface area contributed by atoms with Gasteiger partial charge < -0.3 is 9.73 Å². The van der Waals surface area contributed by atoms with Gasteiger partial charge in [0.25, 0.3) is 0 Å². The van der Waals surface area contributed by atoms with Crippen molar-refractivity contribution in [3.8, 4) is 0 Å². The Morgan fingerprint density at radius 1 is 1.32 bits per heavy atom. The van der Waals surface area contributed by atoms with Crippen molar-refractivity contribution >= 4 is 20.8 Å². The summed E-state index contributed by atoms with van der Waals surface area (Å²) >= 11 is 0. The predicted molar refractivity (Wildman–Crippen MR) is 85.8 cm³/mol. The van der Waals surface area contributed by atoms with Gasteiger partial charge in [-0.15, -0.1) is 0 Å². The minimum Gasteiger partial charge on any atom is -0.423 e. The summed E-state index contributed by atoms with van der Waals surface area (Å²) in [4.78, 5) is 11.7. The van der Waals surface area contributed by atoms with E-state index in [-0.39, 0.29) is 23.2 Å². The molecule has 3 rings (SSSR count). The van der Waals surface area contributed by atoms with Gasteiger partial charge in [-0.25, -0.2) is 13.2 Å². The molecule has 0 saturated carbocycles. The smallest absolute Gasteiger partial charge is 0.336 e. The molecule has 1 aliphatic heterocycles. The zero-order valence-electron chi connectivity index (χ0n) is 12.5. The maximum absolute atomic E-state index is 11.7. The highest BCUT2D eigenvalue weighted by molar-refractivity contribution is 7.91. The molecule has 0 amide bonds. The number of rotatable bonds is 4. The molecule has 1 atom stereocenters.